The van der Waals surface area contributed by atoms with Crippen LogP contribution in [-0.4, -0.2) is 23.9 Å². The standard InChI is InChI=1S/C14H24N4/c1-6-11(7-2)18(5)14-12(13(15)16)9(3)8-10(4)17-14/h8,11H,6-7H2,1-5H3,(H3,15,16). The third-order valence-electron chi connectivity index (χ3n) is 3.42. The van der Waals surface area contributed by atoms with Gasteiger partial charge in [-0.15, -0.1) is 0 Å². The number of nitrogen functional groups attached to an aromatic ring is 1. The lowest BCUT2D eigenvalue weighted by Crippen LogP contribution is -2.33. The van der Waals surface area contributed by atoms with Crippen molar-refractivity contribution in [3.05, 3.63) is 22.9 Å². The fourth-order valence-corrected chi connectivity index (χ4v) is 2.41. The van der Waals surface area contributed by atoms with Crippen LogP contribution in [0.5, 0.6) is 0 Å². The van der Waals surface area contributed by atoms with Gasteiger partial charge in [0, 0.05) is 18.8 Å². The molecule has 100 valence electrons. The van der Waals surface area contributed by atoms with Crippen molar-refractivity contribution in [3.8, 4) is 0 Å². The Kier molecular flexibility index (Phi) is 4.70. The van der Waals surface area contributed by atoms with Gasteiger partial charge >= 0.3 is 0 Å². The van der Waals surface area contributed by atoms with E-state index in [1.54, 1.807) is 0 Å². The Balaban J connectivity index is 3.33. The zero-order chi connectivity index (χ0) is 13.9. The molecule has 0 radical (unpaired) electrons. The average molecular weight is 248 g/mol. The van der Waals surface area contributed by atoms with E-state index in [1.807, 2.05) is 27.0 Å². The van der Waals surface area contributed by atoms with Gasteiger partial charge in [-0.1, -0.05) is 13.8 Å². The minimum atomic E-state index is 0.0906. The molecule has 0 atom stereocenters. The highest BCUT2D eigenvalue weighted by atomic mass is 15.2. The molecule has 0 amide bonds. The molecule has 18 heavy (non-hydrogen) atoms. The van der Waals surface area contributed by atoms with Crippen LogP contribution in [0.2, 0.25) is 0 Å². The lowest BCUT2D eigenvalue weighted by molar-refractivity contribution is 0.586. The number of anilines is 1. The third-order valence-corrected chi connectivity index (χ3v) is 3.42. The summed E-state index contributed by atoms with van der Waals surface area (Å²) in [6.45, 7) is 8.29. The van der Waals surface area contributed by atoms with Crippen LogP contribution in [0.25, 0.3) is 0 Å². The van der Waals surface area contributed by atoms with Gasteiger partial charge in [0.15, 0.2) is 0 Å². The van der Waals surface area contributed by atoms with E-state index >= 15 is 0 Å². The molecule has 1 aromatic rings. The predicted molar refractivity (Wildman–Crippen MR) is 77.5 cm³/mol. The highest BCUT2D eigenvalue weighted by molar-refractivity contribution is 6.01. The number of rotatable bonds is 5. The molecule has 1 rings (SSSR count). The summed E-state index contributed by atoms with van der Waals surface area (Å²) in [6.07, 6.45) is 2.11. The highest BCUT2D eigenvalue weighted by Crippen LogP contribution is 2.24. The Morgan fingerprint density at radius 1 is 1.39 bits per heavy atom. The van der Waals surface area contributed by atoms with Gasteiger partial charge < -0.3 is 10.6 Å². The second-order valence-corrected chi connectivity index (χ2v) is 4.77. The van der Waals surface area contributed by atoms with Crippen LogP contribution in [-0.2, 0) is 0 Å². The molecule has 4 heteroatoms. The first-order chi connectivity index (χ1) is 8.42. The minimum absolute atomic E-state index is 0.0906. The number of nitrogens with two attached hydrogens (primary N) is 1. The Bertz CT molecular complexity index is 436. The van der Waals surface area contributed by atoms with E-state index in [2.05, 4.69) is 23.7 Å². The number of hydrogen-bond acceptors (Lipinski definition) is 3. The van der Waals surface area contributed by atoms with Gasteiger partial charge in [0.2, 0.25) is 0 Å². The summed E-state index contributed by atoms with van der Waals surface area (Å²) in [4.78, 5) is 6.73. The largest absolute Gasteiger partial charge is 0.384 e. The number of aryl methyl sites for hydroxylation is 2. The average Bonchev–Trinajstić information content (AvgIpc) is 2.28. The molecule has 1 aromatic heterocycles. The molecule has 0 aliphatic heterocycles. The molecule has 0 unspecified atom stereocenters. The quantitative estimate of drug-likeness (QED) is 0.622. The fraction of sp³-hybridized carbons (Fsp3) is 0.571. The maximum atomic E-state index is 7.75. The monoisotopic (exact) mass is 248 g/mol. The normalized spacial score (nSPS) is 10.8. The molecular weight excluding hydrogens is 224 g/mol. The lowest BCUT2D eigenvalue weighted by Gasteiger charge is -2.29. The van der Waals surface area contributed by atoms with Gasteiger partial charge in [0.25, 0.3) is 0 Å². The number of nitrogens with zero attached hydrogens (tertiary/aromatic N) is 2. The fourth-order valence-electron chi connectivity index (χ4n) is 2.41. The number of nitrogens with one attached hydrogen (secondary N) is 1. The Morgan fingerprint density at radius 2 is 1.94 bits per heavy atom. The molecule has 0 aliphatic rings. The second-order valence-electron chi connectivity index (χ2n) is 4.77. The summed E-state index contributed by atoms with van der Waals surface area (Å²) < 4.78 is 0. The molecule has 1 heterocycles. The van der Waals surface area contributed by atoms with Gasteiger partial charge in [-0.25, -0.2) is 4.98 Å². The smallest absolute Gasteiger partial charge is 0.140 e. The van der Waals surface area contributed by atoms with Gasteiger partial charge in [-0.3, -0.25) is 5.41 Å². The maximum Gasteiger partial charge on any atom is 0.140 e. The first kappa shape index (κ1) is 14.5. The van der Waals surface area contributed by atoms with Crippen molar-refractivity contribution in [2.45, 2.75) is 46.6 Å². The number of amidine groups is 1. The van der Waals surface area contributed by atoms with Gasteiger partial charge in [-0.05, 0) is 38.3 Å². The number of aromatic nitrogens is 1. The summed E-state index contributed by atoms with van der Waals surface area (Å²) >= 11 is 0. The lowest BCUT2D eigenvalue weighted by atomic mass is 10.1. The van der Waals surface area contributed by atoms with Gasteiger partial charge in [0.05, 0.1) is 5.56 Å². The topological polar surface area (TPSA) is 66.0 Å². The summed E-state index contributed by atoms with van der Waals surface area (Å²) in [6, 6.07) is 2.40. The van der Waals surface area contributed by atoms with Crippen LogP contribution < -0.4 is 10.6 Å². The van der Waals surface area contributed by atoms with Crippen molar-refractivity contribution in [1.29, 1.82) is 5.41 Å². The van der Waals surface area contributed by atoms with Gasteiger partial charge in [-0.2, -0.15) is 0 Å². The molecule has 0 aromatic carbocycles. The predicted octanol–water partition coefficient (Wildman–Crippen LogP) is 2.61. The molecule has 0 fully saturated rings. The highest BCUT2D eigenvalue weighted by Gasteiger charge is 2.19. The third kappa shape index (κ3) is 2.81. The Labute approximate surface area is 110 Å². The SMILES string of the molecule is CCC(CC)N(C)c1nc(C)cc(C)c1C(=N)N. The first-order valence-corrected chi connectivity index (χ1v) is 6.47. The second kappa shape index (κ2) is 5.85. The van der Waals surface area contributed by atoms with Crippen molar-refractivity contribution >= 4 is 11.7 Å². The zero-order valence-corrected chi connectivity index (χ0v) is 12.0. The van der Waals surface area contributed by atoms with E-state index in [4.69, 9.17) is 11.1 Å². The van der Waals surface area contributed by atoms with Gasteiger partial charge in [0.1, 0.15) is 11.7 Å². The van der Waals surface area contributed by atoms with Crippen LogP contribution in [0, 0.1) is 19.3 Å². The van der Waals surface area contributed by atoms with E-state index in [0.717, 1.165) is 35.5 Å². The maximum absolute atomic E-state index is 7.75. The molecule has 0 aliphatic carbocycles. The first-order valence-electron chi connectivity index (χ1n) is 6.47. The summed E-state index contributed by atoms with van der Waals surface area (Å²) in [7, 11) is 2.03. The Hall–Kier alpha value is -1.58. The molecule has 0 bridgehead atoms. The van der Waals surface area contributed by atoms with Crippen molar-refractivity contribution in [2.24, 2.45) is 5.73 Å². The zero-order valence-electron chi connectivity index (χ0n) is 12.0. The molecule has 4 nitrogen and oxygen atoms in total. The van der Waals surface area contributed by atoms with E-state index in [-0.39, 0.29) is 5.84 Å². The van der Waals surface area contributed by atoms with Crippen LogP contribution in [0.3, 0.4) is 0 Å². The molecule has 0 spiro atoms. The molecular formula is C14H24N4. The number of pyridine rings is 1. The van der Waals surface area contributed by atoms with E-state index in [1.165, 1.54) is 0 Å². The van der Waals surface area contributed by atoms with E-state index in [9.17, 15) is 0 Å². The summed E-state index contributed by atoms with van der Waals surface area (Å²) in [5.74, 6) is 0.918. The van der Waals surface area contributed by atoms with Crippen molar-refractivity contribution in [3.63, 3.8) is 0 Å². The van der Waals surface area contributed by atoms with E-state index < -0.39 is 0 Å². The Morgan fingerprint density at radius 3 is 2.39 bits per heavy atom. The molecule has 0 saturated heterocycles. The van der Waals surface area contributed by atoms with E-state index in [0.29, 0.717) is 6.04 Å². The number of hydrogen-bond donors (Lipinski definition) is 2. The van der Waals surface area contributed by atoms with Crippen LogP contribution in [0.15, 0.2) is 6.07 Å². The summed E-state index contributed by atoms with van der Waals surface area (Å²) in [5, 5.41) is 7.75. The summed E-state index contributed by atoms with van der Waals surface area (Å²) in [5.41, 5.74) is 8.44. The van der Waals surface area contributed by atoms with Crippen molar-refractivity contribution < 1.29 is 0 Å². The van der Waals surface area contributed by atoms with Crippen LogP contribution in [0.4, 0.5) is 5.82 Å². The van der Waals surface area contributed by atoms with Crippen LogP contribution >= 0.6 is 0 Å². The molecule has 0 saturated carbocycles. The van der Waals surface area contributed by atoms with Crippen LogP contribution in [0.1, 0.15) is 43.5 Å². The minimum Gasteiger partial charge on any atom is -0.384 e. The van der Waals surface area contributed by atoms with Crippen molar-refractivity contribution in [2.75, 3.05) is 11.9 Å². The van der Waals surface area contributed by atoms with Crippen molar-refractivity contribution in [1.82, 2.24) is 4.98 Å². The molecule has 3 N–H and O–H groups in total.